The number of unbranched alkanes of at least 4 members (excludes halogenated alkanes) is 9. The Morgan fingerprint density at radius 3 is 2.27 bits per heavy atom. The molecule has 3 atom stereocenters. The highest BCUT2D eigenvalue weighted by Gasteiger charge is 2.59. The van der Waals surface area contributed by atoms with E-state index >= 15 is 0 Å². The van der Waals surface area contributed by atoms with Gasteiger partial charge in [-0.05, 0) is 24.6 Å². The summed E-state index contributed by atoms with van der Waals surface area (Å²) in [6.07, 6.45) is 6.36. The molecule has 226 valence electrons. The van der Waals surface area contributed by atoms with Crippen molar-refractivity contribution in [2.24, 2.45) is 0 Å². The summed E-state index contributed by atoms with van der Waals surface area (Å²) in [5.41, 5.74) is -1.40. The first-order valence-electron chi connectivity index (χ1n) is 14.1. The van der Waals surface area contributed by atoms with E-state index in [-0.39, 0.29) is 23.8 Å². The number of amides is 1. The van der Waals surface area contributed by atoms with Crippen LogP contribution in [0.5, 0.6) is 0 Å². The van der Waals surface area contributed by atoms with Crippen LogP contribution < -0.4 is 11.0 Å². The number of hydrogen-bond donors (Lipinski definition) is 3. The summed E-state index contributed by atoms with van der Waals surface area (Å²) < 4.78 is 39.4. The van der Waals surface area contributed by atoms with E-state index in [0.717, 1.165) is 37.9 Å². The van der Waals surface area contributed by atoms with Gasteiger partial charge in [0.1, 0.15) is 23.3 Å². The maximum absolute atomic E-state index is 14.4. The molecule has 2 aromatic heterocycles. The van der Waals surface area contributed by atoms with Crippen LogP contribution in [0.25, 0.3) is 0 Å². The van der Waals surface area contributed by atoms with Crippen molar-refractivity contribution in [1.82, 2.24) is 14.5 Å². The second kappa shape index (κ2) is 15.6. The number of carbonyl (C=O) groups excluding carboxylic acids is 2. The number of esters is 1. The summed E-state index contributed by atoms with van der Waals surface area (Å²) in [7, 11) is 0. The van der Waals surface area contributed by atoms with Crippen molar-refractivity contribution >= 4 is 17.7 Å². The zero-order chi connectivity index (χ0) is 29.8. The lowest BCUT2D eigenvalue weighted by Crippen LogP contribution is -2.41. The Labute approximate surface area is 236 Å². The van der Waals surface area contributed by atoms with E-state index in [1.807, 2.05) is 0 Å². The number of halogens is 2. The fourth-order valence-electron chi connectivity index (χ4n) is 4.46. The molecule has 11 nitrogen and oxygen atoms in total. The molecule has 1 fully saturated rings. The predicted octanol–water partition coefficient (Wildman–Crippen LogP) is 3.85. The number of aliphatic hydroxyl groups is 2. The van der Waals surface area contributed by atoms with Crippen LogP contribution in [0.15, 0.2) is 35.3 Å². The minimum atomic E-state index is -3.86. The number of alkyl halides is 2. The normalized spacial score (nSPS) is 19.7. The van der Waals surface area contributed by atoms with Crippen molar-refractivity contribution in [3.05, 3.63) is 52.3 Å². The Hall–Kier alpha value is -3.29. The van der Waals surface area contributed by atoms with Crippen LogP contribution in [-0.2, 0) is 9.47 Å². The van der Waals surface area contributed by atoms with Gasteiger partial charge in [0.2, 0.25) is 6.23 Å². The average molecular weight is 581 g/mol. The quantitative estimate of drug-likeness (QED) is 0.198. The zero-order valence-electron chi connectivity index (χ0n) is 23.1. The molecule has 2 aromatic rings. The number of rotatable bonds is 16. The second-order valence-corrected chi connectivity index (χ2v) is 10.0. The minimum Gasteiger partial charge on any atom is -0.461 e. The van der Waals surface area contributed by atoms with E-state index < -0.39 is 48.5 Å². The summed E-state index contributed by atoms with van der Waals surface area (Å²) in [5, 5.41) is 21.1. The lowest BCUT2D eigenvalue weighted by Gasteiger charge is -2.21. The van der Waals surface area contributed by atoms with Gasteiger partial charge in [0.05, 0.1) is 13.2 Å². The molecule has 1 aliphatic heterocycles. The van der Waals surface area contributed by atoms with Crippen molar-refractivity contribution in [2.75, 3.05) is 18.5 Å². The van der Waals surface area contributed by atoms with E-state index in [9.17, 15) is 28.3 Å². The number of aromatic nitrogens is 3. The van der Waals surface area contributed by atoms with Crippen molar-refractivity contribution in [3.63, 3.8) is 0 Å². The summed E-state index contributed by atoms with van der Waals surface area (Å²) in [5.74, 6) is -5.59. The van der Waals surface area contributed by atoms with Crippen LogP contribution >= 0.6 is 0 Å². The molecule has 3 N–H and O–H groups in total. The SMILES string of the molecule is CCCCCCCCCCCCOC(=O)c1cccc(C(=O)Nc2ccn([C@@H]3O[C@H](CO)[C@@H](O)C3(F)F)c(=O)n2)n1. The van der Waals surface area contributed by atoms with E-state index in [2.05, 4.69) is 22.2 Å². The van der Waals surface area contributed by atoms with Crippen molar-refractivity contribution in [2.45, 2.75) is 95.5 Å². The van der Waals surface area contributed by atoms with Gasteiger partial charge in [-0.3, -0.25) is 9.36 Å². The molecule has 0 aliphatic carbocycles. The molecule has 41 heavy (non-hydrogen) atoms. The molecule has 1 amide bonds. The van der Waals surface area contributed by atoms with Crippen LogP contribution in [0.4, 0.5) is 14.6 Å². The third-order valence-electron chi connectivity index (χ3n) is 6.81. The number of nitrogens with one attached hydrogen (secondary N) is 1. The second-order valence-electron chi connectivity index (χ2n) is 10.0. The summed E-state index contributed by atoms with van der Waals surface area (Å²) in [4.78, 5) is 45.0. The first kappa shape index (κ1) is 32.2. The Morgan fingerprint density at radius 2 is 1.66 bits per heavy atom. The van der Waals surface area contributed by atoms with E-state index in [4.69, 9.17) is 14.6 Å². The van der Waals surface area contributed by atoms with E-state index in [1.165, 1.54) is 56.7 Å². The third-order valence-corrected chi connectivity index (χ3v) is 6.81. The van der Waals surface area contributed by atoms with Gasteiger partial charge in [0, 0.05) is 6.20 Å². The zero-order valence-corrected chi connectivity index (χ0v) is 23.1. The van der Waals surface area contributed by atoms with Gasteiger partial charge in [-0.1, -0.05) is 70.8 Å². The highest BCUT2D eigenvalue weighted by molar-refractivity contribution is 6.03. The maximum Gasteiger partial charge on any atom is 0.356 e. The first-order valence-corrected chi connectivity index (χ1v) is 14.1. The van der Waals surface area contributed by atoms with Crippen molar-refractivity contribution in [3.8, 4) is 0 Å². The molecule has 0 unspecified atom stereocenters. The van der Waals surface area contributed by atoms with Crippen molar-refractivity contribution in [1.29, 1.82) is 0 Å². The number of hydrogen-bond acceptors (Lipinski definition) is 9. The lowest BCUT2D eigenvalue weighted by atomic mass is 10.1. The van der Waals surface area contributed by atoms with Crippen molar-refractivity contribution < 1.29 is 38.1 Å². The number of carbonyl (C=O) groups is 2. The largest absolute Gasteiger partial charge is 0.461 e. The topological polar surface area (TPSA) is 153 Å². The molecule has 0 spiro atoms. The highest BCUT2D eigenvalue weighted by atomic mass is 19.3. The van der Waals surface area contributed by atoms with Crippen LogP contribution in [0, 0.1) is 0 Å². The Bertz CT molecular complexity index is 1210. The number of ether oxygens (including phenoxy) is 2. The monoisotopic (exact) mass is 580 g/mol. The average Bonchev–Trinajstić information content (AvgIpc) is 3.19. The molecule has 0 radical (unpaired) electrons. The van der Waals surface area contributed by atoms with Gasteiger partial charge in [0.15, 0.2) is 6.10 Å². The molecule has 3 rings (SSSR count). The number of aliphatic hydroxyl groups excluding tert-OH is 2. The number of pyridine rings is 1. The summed E-state index contributed by atoms with van der Waals surface area (Å²) in [6.45, 7) is 1.57. The molecular formula is C28H38F2N4O7. The predicted molar refractivity (Wildman–Crippen MR) is 145 cm³/mol. The summed E-state index contributed by atoms with van der Waals surface area (Å²) >= 11 is 0. The molecule has 0 saturated carbocycles. The summed E-state index contributed by atoms with van der Waals surface area (Å²) in [6, 6.07) is 5.29. The van der Waals surface area contributed by atoms with Gasteiger partial charge in [-0.25, -0.2) is 14.6 Å². The number of anilines is 1. The maximum atomic E-state index is 14.4. The van der Waals surface area contributed by atoms with Crippen LogP contribution in [0.1, 0.15) is 98.3 Å². The van der Waals surface area contributed by atoms with Gasteiger partial charge in [0.25, 0.3) is 5.91 Å². The minimum absolute atomic E-state index is 0.0642. The molecule has 0 bridgehead atoms. The Kier molecular flexibility index (Phi) is 12.3. The van der Waals surface area contributed by atoms with E-state index in [1.54, 1.807) is 0 Å². The van der Waals surface area contributed by atoms with Crippen LogP contribution in [-0.4, -0.2) is 68.0 Å². The van der Waals surface area contributed by atoms with Crippen LogP contribution in [0.2, 0.25) is 0 Å². The van der Waals surface area contributed by atoms with E-state index in [0.29, 0.717) is 4.57 Å². The fraction of sp³-hybridized carbons (Fsp3) is 0.607. The van der Waals surface area contributed by atoms with Gasteiger partial charge in [-0.2, -0.15) is 13.8 Å². The standard InChI is InChI=1S/C28H38F2N4O7/c1-2-3-4-5-6-7-8-9-10-11-17-40-25(38)20-14-12-13-19(31-20)24(37)32-22-15-16-34(27(39)33-22)26-28(29,30)23(36)21(18-35)41-26/h12-16,21,23,26,35-36H,2-11,17-18H2,1H3,(H,32,33,37,39)/t21-,23-,26-/m1/s1. The molecule has 0 aromatic carbocycles. The molecular weight excluding hydrogens is 542 g/mol. The lowest BCUT2D eigenvalue weighted by molar-refractivity contribution is -0.140. The van der Waals surface area contributed by atoms with Gasteiger partial charge >= 0.3 is 17.6 Å². The highest BCUT2D eigenvalue weighted by Crippen LogP contribution is 2.42. The third kappa shape index (κ3) is 8.85. The number of nitrogens with zero attached hydrogens (tertiary/aromatic N) is 3. The van der Waals surface area contributed by atoms with Gasteiger partial charge in [-0.15, -0.1) is 0 Å². The Balaban J connectivity index is 1.47. The van der Waals surface area contributed by atoms with Gasteiger partial charge < -0.3 is 25.0 Å². The first-order chi connectivity index (χ1) is 19.7. The fourth-order valence-corrected chi connectivity index (χ4v) is 4.46. The molecule has 1 aliphatic rings. The molecule has 13 heteroatoms. The molecule has 1 saturated heterocycles. The van der Waals surface area contributed by atoms with Crippen LogP contribution in [0.3, 0.4) is 0 Å². The smallest absolute Gasteiger partial charge is 0.356 e. The Morgan fingerprint density at radius 1 is 1.02 bits per heavy atom. The molecule has 3 heterocycles.